The van der Waals surface area contributed by atoms with E-state index in [1.165, 1.54) is 39.8 Å². The van der Waals surface area contributed by atoms with Gasteiger partial charge in [-0.05, 0) is 55.3 Å². The average molecular weight is 707 g/mol. The van der Waals surface area contributed by atoms with Crippen molar-refractivity contribution >= 4 is 33.9 Å². The molecule has 2 fully saturated rings. The monoisotopic (exact) mass is 706 g/mol. The number of ether oxygens (including phenoxy) is 2. The minimum Gasteiger partial charge on any atom is -0.490 e. The summed E-state index contributed by atoms with van der Waals surface area (Å²) in [4.78, 5) is 32.2. The van der Waals surface area contributed by atoms with Crippen LogP contribution in [0, 0.1) is 24.0 Å². The first-order chi connectivity index (χ1) is 24.3. The van der Waals surface area contributed by atoms with Gasteiger partial charge in [0, 0.05) is 49.0 Å². The van der Waals surface area contributed by atoms with Gasteiger partial charge in [-0.15, -0.1) is 0 Å². The van der Waals surface area contributed by atoms with Crippen molar-refractivity contribution in [1.82, 2.24) is 14.0 Å². The van der Waals surface area contributed by atoms with E-state index in [9.17, 15) is 22.8 Å². The van der Waals surface area contributed by atoms with Crippen molar-refractivity contribution in [1.29, 1.82) is 0 Å². The van der Waals surface area contributed by atoms with Crippen molar-refractivity contribution in [2.75, 3.05) is 44.8 Å². The van der Waals surface area contributed by atoms with E-state index in [4.69, 9.17) is 9.47 Å². The van der Waals surface area contributed by atoms with Crippen LogP contribution in [0.2, 0.25) is 0 Å². The molecule has 1 amide bonds. The van der Waals surface area contributed by atoms with Gasteiger partial charge in [0.15, 0.2) is 5.75 Å². The first-order valence-corrected chi connectivity index (χ1v) is 16.6. The molecule has 1 spiro atoms. The molecule has 9 nitrogen and oxygen atoms in total. The van der Waals surface area contributed by atoms with Crippen LogP contribution >= 0.6 is 0 Å². The van der Waals surface area contributed by atoms with E-state index in [0.717, 1.165) is 50.9 Å². The Bertz CT molecular complexity index is 2270. The lowest BCUT2D eigenvalue weighted by Gasteiger charge is -2.42. The number of hydrogen-bond acceptors (Lipinski definition) is 5. The normalized spacial score (nSPS) is 20.0. The average Bonchev–Trinajstić information content (AvgIpc) is 3.77. The number of pyridine rings is 1. The van der Waals surface area contributed by atoms with E-state index < -0.39 is 40.8 Å². The highest BCUT2D eigenvalue weighted by Gasteiger charge is 2.49. The quantitative estimate of drug-likeness (QED) is 0.146. The Morgan fingerprint density at radius 1 is 1.12 bits per heavy atom. The third-order valence-electron chi connectivity index (χ3n) is 10.3. The number of carbonyl (C=O) groups excluding carboxylic acids is 2. The molecule has 2 aromatic carbocycles. The van der Waals surface area contributed by atoms with Gasteiger partial charge in [-0.2, -0.15) is 13.2 Å². The van der Waals surface area contributed by atoms with E-state index in [1.54, 1.807) is 24.6 Å². The fourth-order valence-corrected chi connectivity index (χ4v) is 7.76. The van der Waals surface area contributed by atoms with Crippen molar-refractivity contribution < 1.29 is 45.9 Å². The van der Waals surface area contributed by atoms with Crippen molar-refractivity contribution in [2.45, 2.75) is 25.9 Å². The molecule has 0 radical (unpaired) electrons. The number of quaternary nitrogens is 1. The number of rotatable bonds is 6. The first kappa shape index (κ1) is 33.1. The number of likely N-dealkylation sites (tertiary alicyclic amines) is 1. The predicted octanol–water partition coefficient (Wildman–Crippen LogP) is 5.06. The maximum atomic E-state index is 15.3. The zero-order valence-electron chi connectivity index (χ0n) is 27.7. The summed E-state index contributed by atoms with van der Waals surface area (Å²) in [5.41, 5.74) is -0.368. The fraction of sp³-hybridized carbons (Fsp3) is 0.324. The molecular weight excluding hydrogens is 673 g/mol. The number of aromatic nitrogens is 3. The number of amides is 1. The van der Waals surface area contributed by atoms with E-state index in [-0.39, 0.29) is 57.6 Å². The highest BCUT2D eigenvalue weighted by Crippen LogP contribution is 2.48. The summed E-state index contributed by atoms with van der Waals surface area (Å²) in [6.45, 7) is 5.67. The summed E-state index contributed by atoms with van der Waals surface area (Å²) in [6.07, 6.45) is 0.900. The number of ketones is 1. The Hall–Kier alpha value is -5.08. The molecule has 51 heavy (non-hydrogen) atoms. The second kappa shape index (κ2) is 12.0. The molecule has 0 saturated carbocycles. The third kappa shape index (κ3) is 5.57. The Labute approximate surface area is 288 Å². The lowest BCUT2D eigenvalue weighted by molar-refractivity contribution is -0.955. The number of anilines is 1. The smallest absolute Gasteiger partial charge is 0.417 e. The molecule has 0 atom stereocenters. The third-order valence-corrected chi connectivity index (χ3v) is 10.3. The van der Waals surface area contributed by atoms with Gasteiger partial charge in [-0.3, -0.25) is 9.59 Å². The molecule has 264 valence electrons. The molecule has 3 aliphatic rings. The number of alkyl halides is 3. The highest BCUT2D eigenvalue weighted by atomic mass is 19.4. The molecule has 2 N–H and O–H groups in total. The van der Waals surface area contributed by atoms with Crippen LogP contribution in [0.5, 0.6) is 5.75 Å². The molecule has 0 unspecified atom stereocenters. The number of halogens is 5. The van der Waals surface area contributed by atoms with Crippen LogP contribution < -0.4 is 15.0 Å². The van der Waals surface area contributed by atoms with Gasteiger partial charge in [0.1, 0.15) is 28.7 Å². The lowest BCUT2D eigenvalue weighted by atomic mass is 9.79. The van der Waals surface area contributed by atoms with Gasteiger partial charge >= 0.3 is 6.18 Å². The van der Waals surface area contributed by atoms with Crippen LogP contribution in [0.1, 0.15) is 39.4 Å². The van der Waals surface area contributed by atoms with Gasteiger partial charge in [-0.25, -0.2) is 13.8 Å². The molecule has 14 heteroatoms. The summed E-state index contributed by atoms with van der Waals surface area (Å²) in [5.74, 6) is -3.29. The Morgan fingerprint density at radius 3 is 2.59 bits per heavy atom. The van der Waals surface area contributed by atoms with Crippen molar-refractivity contribution in [3.63, 3.8) is 0 Å². The van der Waals surface area contributed by atoms with Gasteiger partial charge in [0.05, 0.1) is 60.6 Å². The predicted molar refractivity (Wildman–Crippen MR) is 177 cm³/mol. The summed E-state index contributed by atoms with van der Waals surface area (Å²) in [6, 6.07) is 7.24. The van der Waals surface area contributed by atoms with E-state index in [1.807, 2.05) is 0 Å². The maximum Gasteiger partial charge on any atom is 0.417 e. The molecule has 3 aromatic heterocycles. The molecule has 0 bridgehead atoms. The highest BCUT2D eigenvalue weighted by molar-refractivity contribution is 6.10. The standard InChI is InChI=1S/C37H32F5N5O4/c1-20-43-32-27(45(20)2)16-24(37(40,41)42)30-23-5-3-10-47-28(15-21(33(23)47)7-11-51-35(30)32)34(49)22-13-25(38)31(26(39)14-22)44-29(48)6-4-9-46-17-36(18-46)8-12-50-19-36/h3-6,10,13-16H,7-9,11-12,17-19H2,1-2H3,(H,44,48)/p+1/b6-4+. The van der Waals surface area contributed by atoms with Crippen LogP contribution in [0.15, 0.2) is 54.7 Å². The number of fused-ring (bicyclic) bond motifs is 4. The number of nitrogens with one attached hydrogen (secondary N) is 2. The molecular formula is C37H33F5N5O4+. The minimum absolute atomic E-state index is 0.00780. The van der Waals surface area contributed by atoms with Crippen LogP contribution in [0.4, 0.5) is 27.6 Å². The number of benzene rings is 2. The Kier molecular flexibility index (Phi) is 7.79. The molecule has 3 aliphatic heterocycles. The zero-order valence-corrected chi connectivity index (χ0v) is 27.7. The molecule has 6 heterocycles. The minimum atomic E-state index is -4.76. The summed E-state index contributed by atoms with van der Waals surface area (Å²) in [7, 11) is 1.63. The Morgan fingerprint density at radius 2 is 1.88 bits per heavy atom. The number of aryl methyl sites for hydroxylation is 2. The van der Waals surface area contributed by atoms with Crippen molar-refractivity contribution in [3.05, 3.63) is 94.6 Å². The van der Waals surface area contributed by atoms with Crippen LogP contribution in [0.3, 0.4) is 0 Å². The van der Waals surface area contributed by atoms with E-state index >= 15 is 8.78 Å². The van der Waals surface area contributed by atoms with Crippen molar-refractivity contribution in [3.8, 4) is 16.9 Å². The molecule has 8 rings (SSSR count). The van der Waals surface area contributed by atoms with Crippen LogP contribution in [-0.2, 0) is 29.2 Å². The first-order valence-electron chi connectivity index (χ1n) is 16.6. The Balaban J connectivity index is 1.10. The number of imidazole rings is 1. The topological polar surface area (TPSA) is 91.3 Å². The van der Waals surface area contributed by atoms with Crippen LogP contribution in [-0.4, -0.2) is 65.1 Å². The number of carbonyl (C=O) groups is 2. The molecule has 5 aromatic rings. The summed E-state index contributed by atoms with van der Waals surface area (Å²) >= 11 is 0. The SMILES string of the molecule is Cc1nc2c3c(c(C(F)(F)F)cc2n1C)-c1cccn2c(C(=O)c4cc(F)c(NC(=O)/C=C/C[NH+]5CC6(CCOC6)C5)c(F)c4)cc(c12)CCO3. The van der Waals surface area contributed by atoms with Crippen LogP contribution in [0.25, 0.3) is 27.7 Å². The van der Waals surface area contributed by atoms with Gasteiger partial charge < -0.3 is 28.7 Å². The van der Waals surface area contributed by atoms with E-state index in [0.29, 0.717) is 23.4 Å². The fourth-order valence-electron chi connectivity index (χ4n) is 7.76. The zero-order chi connectivity index (χ0) is 35.8. The summed E-state index contributed by atoms with van der Waals surface area (Å²) in [5, 5.41) is 2.23. The largest absolute Gasteiger partial charge is 0.490 e. The summed E-state index contributed by atoms with van der Waals surface area (Å²) < 4.78 is 89.1. The maximum absolute atomic E-state index is 15.3. The second-order valence-corrected chi connectivity index (χ2v) is 13.7. The second-order valence-electron chi connectivity index (χ2n) is 13.7. The molecule has 0 aliphatic carbocycles. The van der Waals surface area contributed by atoms with Gasteiger partial charge in [0.25, 0.3) is 0 Å². The van der Waals surface area contributed by atoms with E-state index in [2.05, 4.69) is 10.3 Å². The van der Waals surface area contributed by atoms with Crippen molar-refractivity contribution in [2.24, 2.45) is 12.5 Å². The van der Waals surface area contributed by atoms with Gasteiger partial charge in [-0.1, -0.05) is 6.07 Å². The van der Waals surface area contributed by atoms with Gasteiger partial charge in [0.2, 0.25) is 11.7 Å². The lowest BCUT2D eigenvalue weighted by Crippen LogP contribution is -3.22. The number of hydrogen-bond donors (Lipinski definition) is 2. The molecule has 2 saturated heterocycles. The number of nitrogens with zero attached hydrogens (tertiary/aromatic N) is 3.